The van der Waals surface area contributed by atoms with Crippen LogP contribution in [0.15, 0.2) is 48.9 Å². The molecular weight excluding hydrogens is 531 g/mol. The molecule has 2 aliphatic heterocycles. The van der Waals surface area contributed by atoms with Crippen molar-refractivity contribution in [3.63, 3.8) is 0 Å². The number of rotatable bonds is 6. The minimum atomic E-state index is -4.44. The van der Waals surface area contributed by atoms with E-state index in [0.717, 1.165) is 68.0 Å². The monoisotopic (exact) mass is 567 g/mol. The maximum absolute atomic E-state index is 14.1. The van der Waals surface area contributed by atoms with E-state index >= 15 is 0 Å². The van der Waals surface area contributed by atoms with Gasteiger partial charge in [0.25, 0.3) is 5.91 Å². The Balaban J connectivity index is 1.35. The molecule has 3 aromatic rings. The Morgan fingerprint density at radius 1 is 1.00 bits per heavy atom. The molecule has 1 unspecified atom stereocenters. The third-order valence-electron chi connectivity index (χ3n) is 8.10. The lowest BCUT2D eigenvalue weighted by Crippen LogP contribution is -2.51. The number of carbonyl (C=O) groups excluding carboxylic acids is 1. The number of alkyl halides is 3. The summed E-state index contributed by atoms with van der Waals surface area (Å²) in [5, 5.41) is 3.16. The van der Waals surface area contributed by atoms with Gasteiger partial charge in [-0.2, -0.15) is 13.2 Å². The number of pyridine rings is 1. The number of aryl methyl sites for hydroxylation is 1. The third-order valence-corrected chi connectivity index (χ3v) is 8.10. The average Bonchev–Trinajstić information content (AvgIpc) is 2.96. The molecule has 41 heavy (non-hydrogen) atoms. The first kappa shape index (κ1) is 28.8. The van der Waals surface area contributed by atoms with Crippen LogP contribution >= 0.6 is 0 Å². The lowest BCUT2D eigenvalue weighted by molar-refractivity contribution is -0.137. The fourth-order valence-electron chi connectivity index (χ4n) is 5.56. The van der Waals surface area contributed by atoms with E-state index in [4.69, 9.17) is 0 Å². The fraction of sp³-hybridized carbons (Fsp3) is 0.467. The molecule has 2 aliphatic rings. The van der Waals surface area contributed by atoms with Crippen LogP contribution in [-0.4, -0.2) is 83.0 Å². The lowest BCUT2D eigenvalue weighted by Gasteiger charge is -2.40. The summed E-state index contributed by atoms with van der Waals surface area (Å²) in [6.45, 7) is 8.71. The second kappa shape index (κ2) is 12.0. The maximum Gasteiger partial charge on any atom is 0.417 e. The number of carbonyl (C=O) groups is 1. The lowest BCUT2D eigenvalue weighted by atomic mass is 9.89. The van der Waals surface area contributed by atoms with E-state index in [1.807, 2.05) is 30.0 Å². The van der Waals surface area contributed by atoms with Crippen LogP contribution in [0, 0.1) is 12.8 Å². The summed E-state index contributed by atoms with van der Waals surface area (Å²) in [5.41, 5.74) is 2.33. The SMILES string of the molecule is Cc1ccc(-c2cnc(N3CCN(C)CC3)nc2)c(C(=O)N2CCCC(C)[C@H]2CNc2ccc(C(F)(F)F)cn2)c1. The Morgan fingerprint density at radius 3 is 2.39 bits per heavy atom. The molecule has 218 valence electrons. The number of hydrogen-bond donors (Lipinski definition) is 1. The van der Waals surface area contributed by atoms with Gasteiger partial charge in [0.15, 0.2) is 0 Å². The number of nitrogens with zero attached hydrogens (tertiary/aromatic N) is 6. The standard InChI is InChI=1S/C30H36F3N7O/c1-20-6-8-24(22-16-36-29(37-17-22)39-13-11-38(3)12-14-39)25(15-20)28(41)40-10-4-5-21(2)26(40)19-35-27-9-7-23(18-34-27)30(31,32)33/h6-9,15-18,21,26H,4-5,10-14,19H2,1-3H3,(H,34,35)/t21?,26-/m1/s1. The average molecular weight is 568 g/mol. The summed E-state index contributed by atoms with van der Waals surface area (Å²) in [4.78, 5) is 33.7. The Morgan fingerprint density at radius 2 is 1.73 bits per heavy atom. The number of likely N-dealkylation sites (tertiary alicyclic amines) is 1. The fourth-order valence-corrected chi connectivity index (χ4v) is 5.56. The van der Waals surface area contributed by atoms with E-state index in [0.29, 0.717) is 30.4 Å². The van der Waals surface area contributed by atoms with Crippen LogP contribution < -0.4 is 10.2 Å². The summed E-state index contributed by atoms with van der Waals surface area (Å²) in [5.74, 6) is 1.16. The van der Waals surface area contributed by atoms with Crippen molar-refractivity contribution in [2.75, 3.05) is 56.5 Å². The minimum absolute atomic E-state index is 0.0782. The van der Waals surface area contributed by atoms with Gasteiger partial charge in [-0.3, -0.25) is 4.79 Å². The van der Waals surface area contributed by atoms with Crippen molar-refractivity contribution in [1.29, 1.82) is 0 Å². The van der Waals surface area contributed by atoms with Crippen LogP contribution in [0.2, 0.25) is 0 Å². The number of benzene rings is 1. The Bertz CT molecular complexity index is 1340. The topological polar surface area (TPSA) is 77.5 Å². The van der Waals surface area contributed by atoms with Crippen molar-refractivity contribution < 1.29 is 18.0 Å². The second-order valence-corrected chi connectivity index (χ2v) is 11.1. The molecule has 2 aromatic heterocycles. The van der Waals surface area contributed by atoms with Crippen molar-refractivity contribution in [3.05, 3.63) is 65.6 Å². The van der Waals surface area contributed by atoms with E-state index in [1.54, 1.807) is 12.4 Å². The number of likely N-dealkylation sites (N-methyl/N-ethyl adjacent to an activating group) is 1. The summed E-state index contributed by atoms with van der Waals surface area (Å²) in [7, 11) is 2.10. The summed E-state index contributed by atoms with van der Waals surface area (Å²) < 4.78 is 38.8. The molecule has 1 amide bonds. The highest BCUT2D eigenvalue weighted by molar-refractivity contribution is 6.01. The highest BCUT2D eigenvalue weighted by Gasteiger charge is 2.34. The predicted molar refractivity (Wildman–Crippen MR) is 153 cm³/mol. The van der Waals surface area contributed by atoms with Crippen molar-refractivity contribution in [2.45, 2.75) is 38.9 Å². The van der Waals surface area contributed by atoms with Crippen molar-refractivity contribution in [3.8, 4) is 11.1 Å². The van der Waals surface area contributed by atoms with Gasteiger partial charge in [-0.25, -0.2) is 15.0 Å². The molecule has 2 atom stereocenters. The van der Waals surface area contributed by atoms with E-state index in [2.05, 4.69) is 44.0 Å². The molecule has 1 N–H and O–H groups in total. The normalized spacial score (nSPS) is 20.2. The maximum atomic E-state index is 14.1. The van der Waals surface area contributed by atoms with Crippen molar-refractivity contribution in [1.82, 2.24) is 24.8 Å². The molecule has 4 heterocycles. The van der Waals surface area contributed by atoms with E-state index in [-0.39, 0.29) is 17.9 Å². The van der Waals surface area contributed by atoms with Crippen LogP contribution in [0.25, 0.3) is 11.1 Å². The van der Waals surface area contributed by atoms with E-state index < -0.39 is 11.7 Å². The van der Waals surface area contributed by atoms with Gasteiger partial charge in [-0.05, 0) is 56.5 Å². The number of anilines is 2. The number of nitrogens with one attached hydrogen (secondary N) is 1. The highest BCUT2D eigenvalue weighted by Crippen LogP contribution is 2.31. The van der Waals surface area contributed by atoms with Crippen molar-refractivity contribution >= 4 is 17.7 Å². The van der Waals surface area contributed by atoms with Gasteiger partial charge in [-0.1, -0.05) is 24.6 Å². The molecule has 0 bridgehead atoms. The zero-order valence-corrected chi connectivity index (χ0v) is 23.7. The first-order valence-corrected chi connectivity index (χ1v) is 14.0. The molecule has 0 aliphatic carbocycles. The molecule has 2 saturated heterocycles. The van der Waals surface area contributed by atoms with Crippen LogP contribution in [0.3, 0.4) is 0 Å². The number of halogens is 3. The smallest absolute Gasteiger partial charge is 0.368 e. The van der Waals surface area contributed by atoms with E-state index in [1.165, 1.54) is 6.07 Å². The number of piperidine rings is 1. The van der Waals surface area contributed by atoms with Gasteiger partial charge in [0.1, 0.15) is 5.82 Å². The second-order valence-electron chi connectivity index (χ2n) is 11.1. The molecule has 0 spiro atoms. The first-order chi connectivity index (χ1) is 19.6. The highest BCUT2D eigenvalue weighted by atomic mass is 19.4. The molecule has 0 saturated carbocycles. The molecular formula is C30H36F3N7O. The molecule has 8 nitrogen and oxygen atoms in total. The van der Waals surface area contributed by atoms with Crippen LogP contribution in [-0.2, 0) is 6.18 Å². The third kappa shape index (κ3) is 6.61. The molecule has 0 radical (unpaired) electrons. The van der Waals surface area contributed by atoms with Gasteiger partial charge in [-0.15, -0.1) is 0 Å². The summed E-state index contributed by atoms with van der Waals surface area (Å²) >= 11 is 0. The number of aromatic nitrogens is 3. The molecule has 1 aromatic carbocycles. The van der Waals surface area contributed by atoms with Crippen LogP contribution in [0.1, 0.15) is 41.3 Å². The summed E-state index contributed by atoms with van der Waals surface area (Å²) in [6, 6.07) is 8.03. The minimum Gasteiger partial charge on any atom is -0.368 e. The Labute approximate surface area is 238 Å². The molecule has 5 rings (SSSR count). The van der Waals surface area contributed by atoms with Crippen LogP contribution in [0.4, 0.5) is 24.9 Å². The van der Waals surface area contributed by atoms with E-state index in [9.17, 15) is 18.0 Å². The van der Waals surface area contributed by atoms with Gasteiger partial charge >= 0.3 is 6.18 Å². The first-order valence-electron chi connectivity index (χ1n) is 14.0. The van der Waals surface area contributed by atoms with Gasteiger partial charge in [0.05, 0.1) is 11.6 Å². The van der Waals surface area contributed by atoms with Gasteiger partial charge in [0.2, 0.25) is 5.95 Å². The van der Waals surface area contributed by atoms with Crippen LogP contribution in [0.5, 0.6) is 0 Å². The number of amides is 1. The Hall–Kier alpha value is -3.73. The van der Waals surface area contributed by atoms with Gasteiger partial charge < -0.3 is 20.0 Å². The summed E-state index contributed by atoms with van der Waals surface area (Å²) in [6.07, 6.45) is 1.80. The number of hydrogen-bond acceptors (Lipinski definition) is 7. The van der Waals surface area contributed by atoms with Crippen molar-refractivity contribution in [2.24, 2.45) is 5.92 Å². The quantitative estimate of drug-likeness (QED) is 0.451. The number of piperazine rings is 1. The molecule has 2 fully saturated rings. The van der Waals surface area contributed by atoms with Gasteiger partial charge in [0, 0.05) is 69.0 Å². The predicted octanol–water partition coefficient (Wildman–Crippen LogP) is 4.97. The Kier molecular flexibility index (Phi) is 8.44. The zero-order chi connectivity index (χ0) is 29.1. The molecule has 11 heteroatoms. The zero-order valence-electron chi connectivity index (χ0n) is 23.7. The largest absolute Gasteiger partial charge is 0.417 e.